The molecule has 0 spiro atoms. The molecule has 0 heterocycles. The highest BCUT2D eigenvalue weighted by Gasteiger charge is 2.25. The van der Waals surface area contributed by atoms with Crippen LogP contribution >= 0.6 is 0 Å². The predicted molar refractivity (Wildman–Crippen MR) is 138 cm³/mol. The van der Waals surface area contributed by atoms with Crippen molar-refractivity contribution in [2.45, 2.75) is 51.0 Å². The fourth-order valence-electron chi connectivity index (χ4n) is 3.84. The highest BCUT2D eigenvalue weighted by Crippen LogP contribution is 2.26. The summed E-state index contributed by atoms with van der Waals surface area (Å²) < 4.78 is 28.3. The van der Waals surface area contributed by atoms with Gasteiger partial charge in [0.1, 0.15) is 0 Å². The minimum Gasteiger partial charge on any atom is -0.352 e. The van der Waals surface area contributed by atoms with Crippen LogP contribution in [0.3, 0.4) is 0 Å². The van der Waals surface area contributed by atoms with Crippen LogP contribution in [0.2, 0.25) is 0 Å². The summed E-state index contributed by atoms with van der Waals surface area (Å²) in [6.07, 6.45) is 4.50. The number of amides is 1. The molecule has 0 bridgehead atoms. The number of benzene rings is 3. The lowest BCUT2D eigenvalue weighted by molar-refractivity contribution is 0.0946. The molecule has 34 heavy (non-hydrogen) atoms. The Kier molecular flexibility index (Phi) is 9.28. The summed E-state index contributed by atoms with van der Waals surface area (Å²) in [5, 5.41) is 3.05. The molecule has 0 aliphatic carbocycles. The Bertz CT molecular complexity index is 1130. The first-order valence-corrected chi connectivity index (χ1v) is 13.4. The average Bonchev–Trinajstić information content (AvgIpc) is 2.88. The first kappa shape index (κ1) is 25.5. The molecule has 180 valence electrons. The van der Waals surface area contributed by atoms with Crippen molar-refractivity contribution in [3.63, 3.8) is 0 Å². The maximum Gasteiger partial charge on any atom is 0.264 e. The number of hydrogen-bond acceptors (Lipinski definition) is 3. The number of rotatable bonds is 12. The number of para-hydroxylation sites is 1. The summed E-state index contributed by atoms with van der Waals surface area (Å²) in [5.41, 5.74) is 1.96. The van der Waals surface area contributed by atoms with Gasteiger partial charge in [0, 0.05) is 12.1 Å². The first-order valence-electron chi connectivity index (χ1n) is 12.0. The number of nitrogens with zero attached hydrogens (tertiary/aromatic N) is 1. The summed E-state index contributed by atoms with van der Waals surface area (Å²) in [6, 6.07) is 24.6. The Labute approximate surface area is 203 Å². The van der Waals surface area contributed by atoms with E-state index >= 15 is 0 Å². The van der Waals surface area contributed by atoms with Gasteiger partial charge in [-0.2, -0.15) is 0 Å². The van der Waals surface area contributed by atoms with E-state index in [0.717, 1.165) is 24.8 Å². The highest BCUT2D eigenvalue weighted by molar-refractivity contribution is 7.92. The Morgan fingerprint density at radius 2 is 1.50 bits per heavy atom. The molecular weight excluding hydrogens is 444 g/mol. The molecule has 1 atom stereocenters. The van der Waals surface area contributed by atoms with Crippen molar-refractivity contribution in [1.82, 2.24) is 5.32 Å². The maximum absolute atomic E-state index is 13.4. The van der Waals surface area contributed by atoms with E-state index in [0.29, 0.717) is 23.7 Å². The molecule has 0 aromatic heterocycles. The molecule has 0 aliphatic heterocycles. The van der Waals surface area contributed by atoms with E-state index in [1.54, 1.807) is 54.6 Å². The van der Waals surface area contributed by atoms with Crippen molar-refractivity contribution >= 4 is 21.6 Å². The van der Waals surface area contributed by atoms with Gasteiger partial charge < -0.3 is 5.32 Å². The van der Waals surface area contributed by atoms with Crippen LogP contribution in [0.1, 0.15) is 55.5 Å². The Balaban J connectivity index is 1.75. The van der Waals surface area contributed by atoms with Gasteiger partial charge in [-0.25, -0.2) is 8.42 Å². The number of anilines is 1. The highest BCUT2D eigenvalue weighted by atomic mass is 32.2. The molecule has 1 amide bonds. The lowest BCUT2D eigenvalue weighted by Crippen LogP contribution is -2.31. The molecule has 1 unspecified atom stereocenters. The van der Waals surface area contributed by atoms with Gasteiger partial charge in [0.2, 0.25) is 0 Å². The molecule has 6 heteroatoms. The van der Waals surface area contributed by atoms with E-state index in [2.05, 4.69) is 19.2 Å². The third-order valence-corrected chi connectivity index (χ3v) is 7.80. The molecule has 1 N–H and O–H groups in total. The molecule has 5 nitrogen and oxygen atoms in total. The zero-order valence-electron chi connectivity index (χ0n) is 20.0. The molecule has 3 rings (SSSR count). The van der Waals surface area contributed by atoms with Crippen LogP contribution in [0.25, 0.3) is 0 Å². The van der Waals surface area contributed by atoms with E-state index in [1.165, 1.54) is 10.7 Å². The topological polar surface area (TPSA) is 66.5 Å². The van der Waals surface area contributed by atoms with Gasteiger partial charge in [-0.15, -0.1) is 0 Å². The summed E-state index contributed by atoms with van der Waals surface area (Å²) in [4.78, 5) is 12.9. The van der Waals surface area contributed by atoms with Crippen LogP contribution in [0.5, 0.6) is 0 Å². The smallest absolute Gasteiger partial charge is 0.264 e. The van der Waals surface area contributed by atoms with Crippen molar-refractivity contribution in [1.29, 1.82) is 0 Å². The second-order valence-electron chi connectivity index (χ2n) is 8.48. The van der Waals surface area contributed by atoms with Gasteiger partial charge in [-0.3, -0.25) is 9.10 Å². The van der Waals surface area contributed by atoms with Crippen molar-refractivity contribution in [2.24, 2.45) is 5.92 Å². The maximum atomic E-state index is 13.4. The number of carbonyl (C=O) groups excluding carboxylic acids is 1. The molecule has 3 aromatic carbocycles. The van der Waals surface area contributed by atoms with Crippen molar-refractivity contribution < 1.29 is 13.2 Å². The third kappa shape index (κ3) is 6.70. The summed E-state index contributed by atoms with van der Waals surface area (Å²) in [6.45, 7) is 5.17. The van der Waals surface area contributed by atoms with E-state index in [9.17, 15) is 13.2 Å². The number of carbonyl (C=O) groups is 1. The monoisotopic (exact) mass is 478 g/mol. The number of unbranched alkanes of at least 4 members (excludes halogenated alkanes) is 1. The number of sulfonamides is 1. The van der Waals surface area contributed by atoms with Gasteiger partial charge in [-0.1, -0.05) is 81.6 Å². The minimum atomic E-state index is -3.75. The van der Waals surface area contributed by atoms with Crippen molar-refractivity contribution in [3.05, 3.63) is 96.1 Å². The fourth-order valence-corrected chi connectivity index (χ4v) is 5.31. The average molecular weight is 479 g/mol. The standard InChI is InChI=1S/C28H34N2O3S/c1-3-5-12-23(4-2)21-29-28(31)25-19-17-24(18-20-25)22-30(26-13-8-6-9-14-26)34(32,33)27-15-10-7-11-16-27/h6-11,13-20,23H,3-5,12,21-22H2,1-2H3,(H,29,31). The summed E-state index contributed by atoms with van der Waals surface area (Å²) in [5.74, 6) is 0.393. The van der Waals surface area contributed by atoms with Gasteiger partial charge in [0.25, 0.3) is 15.9 Å². The van der Waals surface area contributed by atoms with Crippen LogP contribution in [-0.4, -0.2) is 20.9 Å². The number of nitrogens with one attached hydrogen (secondary N) is 1. The van der Waals surface area contributed by atoms with Gasteiger partial charge in [0.05, 0.1) is 17.1 Å². The molecule has 0 saturated carbocycles. The molecule has 0 fully saturated rings. The Morgan fingerprint density at radius 3 is 2.09 bits per heavy atom. The Morgan fingerprint density at radius 1 is 0.882 bits per heavy atom. The second-order valence-corrected chi connectivity index (χ2v) is 10.3. The first-order chi connectivity index (χ1) is 16.5. The Hall–Kier alpha value is -3.12. The van der Waals surface area contributed by atoms with E-state index in [4.69, 9.17) is 0 Å². The predicted octanol–water partition coefficient (Wildman–Crippen LogP) is 6.03. The molecule has 3 aromatic rings. The van der Waals surface area contributed by atoms with Crippen LogP contribution in [-0.2, 0) is 16.6 Å². The molecule has 0 aliphatic rings. The van der Waals surface area contributed by atoms with Crippen LogP contribution in [0.15, 0.2) is 89.8 Å². The van der Waals surface area contributed by atoms with E-state index < -0.39 is 10.0 Å². The van der Waals surface area contributed by atoms with E-state index in [-0.39, 0.29) is 17.3 Å². The zero-order chi connectivity index (χ0) is 24.4. The van der Waals surface area contributed by atoms with Crippen molar-refractivity contribution in [3.8, 4) is 0 Å². The van der Waals surface area contributed by atoms with Crippen LogP contribution < -0.4 is 9.62 Å². The van der Waals surface area contributed by atoms with Crippen molar-refractivity contribution in [2.75, 3.05) is 10.8 Å². The SMILES string of the molecule is CCCCC(CC)CNC(=O)c1ccc(CN(c2ccccc2)S(=O)(=O)c2ccccc2)cc1. The third-order valence-electron chi connectivity index (χ3n) is 6.01. The number of hydrogen-bond donors (Lipinski definition) is 1. The lowest BCUT2D eigenvalue weighted by Gasteiger charge is -2.25. The zero-order valence-corrected chi connectivity index (χ0v) is 20.8. The largest absolute Gasteiger partial charge is 0.352 e. The molecule has 0 radical (unpaired) electrons. The van der Waals surface area contributed by atoms with Gasteiger partial charge >= 0.3 is 0 Å². The lowest BCUT2D eigenvalue weighted by atomic mass is 9.99. The van der Waals surface area contributed by atoms with Gasteiger partial charge in [-0.05, 0) is 54.3 Å². The minimum absolute atomic E-state index is 0.0988. The molecular formula is C28H34N2O3S. The normalized spacial score (nSPS) is 12.2. The summed E-state index contributed by atoms with van der Waals surface area (Å²) in [7, 11) is -3.75. The fraction of sp³-hybridized carbons (Fsp3) is 0.321. The second kappa shape index (κ2) is 12.4. The van der Waals surface area contributed by atoms with Crippen LogP contribution in [0, 0.1) is 5.92 Å². The quantitative estimate of drug-likeness (QED) is 0.346. The van der Waals surface area contributed by atoms with E-state index in [1.807, 2.05) is 30.3 Å². The van der Waals surface area contributed by atoms with Crippen LogP contribution in [0.4, 0.5) is 5.69 Å². The summed E-state index contributed by atoms with van der Waals surface area (Å²) >= 11 is 0. The van der Waals surface area contributed by atoms with Gasteiger partial charge in [0.15, 0.2) is 0 Å². The molecule has 0 saturated heterocycles.